The van der Waals surface area contributed by atoms with Crippen LogP contribution in [0.15, 0.2) is 12.7 Å². The number of unbranched alkanes of at least 4 members (excludes halogenated alkanes) is 1. The second kappa shape index (κ2) is 6.07. The zero-order valence-electron chi connectivity index (χ0n) is 9.35. The maximum atomic E-state index is 11.8. The van der Waals surface area contributed by atoms with E-state index in [9.17, 15) is 4.79 Å². The van der Waals surface area contributed by atoms with E-state index in [4.69, 9.17) is 11.6 Å². The smallest absolute Gasteiger partial charge is 0.229 e. The summed E-state index contributed by atoms with van der Waals surface area (Å²) >= 11 is 5.73. The molecular formula is C11H20ClNO. The lowest BCUT2D eigenvalue weighted by Crippen LogP contribution is -2.40. The average molecular weight is 218 g/mol. The number of carbonyl (C=O) groups is 1. The summed E-state index contributed by atoms with van der Waals surface area (Å²) in [5, 5.41) is 0. The van der Waals surface area contributed by atoms with Crippen molar-refractivity contribution in [1.82, 2.24) is 4.90 Å². The minimum absolute atomic E-state index is 0.108. The fraction of sp³-hybridized carbons (Fsp3) is 0.727. The van der Waals surface area contributed by atoms with Gasteiger partial charge in [0.15, 0.2) is 0 Å². The van der Waals surface area contributed by atoms with Crippen LogP contribution in [0.2, 0.25) is 0 Å². The summed E-state index contributed by atoms with van der Waals surface area (Å²) in [5.41, 5.74) is -0.454. The van der Waals surface area contributed by atoms with Gasteiger partial charge in [-0.1, -0.05) is 6.08 Å². The summed E-state index contributed by atoms with van der Waals surface area (Å²) in [4.78, 5) is 13.5. The van der Waals surface area contributed by atoms with Crippen LogP contribution >= 0.6 is 11.6 Å². The molecule has 0 N–H and O–H groups in total. The number of amides is 1. The fourth-order valence-corrected chi connectivity index (χ4v) is 1.26. The van der Waals surface area contributed by atoms with Gasteiger partial charge in [-0.15, -0.1) is 18.2 Å². The quantitative estimate of drug-likeness (QED) is 0.381. The zero-order chi connectivity index (χ0) is 11.2. The lowest BCUT2D eigenvalue weighted by molar-refractivity contribution is -0.137. The van der Waals surface area contributed by atoms with Crippen LogP contribution in [0.3, 0.4) is 0 Å². The minimum Gasteiger partial charge on any atom is -0.345 e. The van der Waals surface area contributed by atoms with E-state index in [2.05, 4.69) is 6.58 Å². The zero-order valence-corrected chi connectivity index (χ0v) is 10.1. The van der Waals surface area contributed by atoms with Gasteiger partial charge in [-0.25, -0.2) is 0 Å². The van der Waals surface area contributed by atoms with Crippen LogP contribution in [0, 0.1) is 5.41 Å². The van der Waals surface area contributed by atoms with E-state index in [0.717, 1.165) is 19.4 Å². The standard InChI is InChI=1S/C11H20ClNO/c1-5-6-7-8-13(4)10(14)11(2,3)9-12/h5H,1,6-9H2,2-4H3. The first kappa shape index (κ1) is 13.5. The molecule has 0 aliphatic heterocycles. The number of carbonyl (C=O) groups excluding carboxylic acids is 1. The van der Waals surface area contributed by atoms with E-state index < -0.39 is 5.41 Å². The van der Waals surface area contributed by atoms with E-state index in [1.165, 1.54) is 0 Å². The topological polar surface area (TPSA) is 20.3 Å². The number of nitrogens with zero attached hydrogens (tertiary/aromatic N) is 1. The third kappa shape index (κ3) is 4.14. The third-order valence-corrected chi connectivity index (χ3v) is 2.83. The van der Waals surface area contributed by atoms with Crippen LogP contribution in [-0.4, -0.2) is 30.3 Å². The van der Waals surface area contributed by atoms with Crippen LogP contribution in [0.5, 0.6) is 0 Å². The highest BCUT2D eigenvalue weighted by atomic mass is 35.5. The molecule has 0 heterocycles. The number of halogens is 1. The highest BCUT2D eigenvalue weighted by Gasteiger charge is 2.28. The van der Waals surface area contributed by atoms with E-state index >= 15 is 0 Å². The van der Waals surface area contributed by atoms with Crippen LogP contribution in [0.4, 0.5) is 0 Å². The Morgan fingerprint density at radius 2 is 2.14 bits per heavy atom. The number of hydrogen-bond donors (Lipinski definition) is 0. The van der Waals surface area contributed by atoms with Gasteiger partial charge in [0.1, 0.15) is 0 Å². The van der Waals surface area contributed by atoms with Crippen LogP contribution < -0.4 is 0 Å². The molecular weight excluding hydrogens is 198 g/mol. The number of hydrogen-bond acceptors (Lipinski definition) is 1. The maximum Gasteiger partial charge on any atom is 0.229 e. The predicted molar refractivity (Wildman–Crippen MR) is 61.6 cm³/mol. The Kier molecular flexibility index (Phi) is 5.86. The van der Waals surface area contributed by atoms with Gasteiger partial charge in [0.2, 0.25) is 5.91 Å². The van der Waals surface area contributed by atoms with Crippen molar-refractivity contribution in [3.05, 3.63) is 12.7 Å². The molecule has 0 saturated carbocycles. The molecule has 0 aliphatic rings. The number of alkyl halides is 1. The lowest BCUT2D eigenvalue weighted by atomic mass is 9.94. The molecule has 0 radical (unpaired) electrons. The molecule has 0 fully saturated rings. The second-order valence-corrected chi connectivity index (χ2v) is 4.44. The SMILES string of the molecule is C=CCCCN(C)C(=O)C(C)(C)CCl. The van der Waals surface area contributed by atoms with Gasteiger partial charge in [-0.2, -0.15) is 0 Å². The molecule has 14 heavy (non-hydrogen) atoms. The van der Waals surface area contributed by atoms with Crippen LogP contribution in [0.25, 0.3) is 0 Å². The molecule has 0 saturated heterocycles. The van der Waals surface area contributed by atoms with Gasteiger partial charge in [-0.05, 0) is 26.7 Å². The Hall–Kier alpha value is -0.500. The van der Waals surface area contributed by atoms with E-state index in [1.54, 1.807) is 4.90 Å². The Bertz CT molecular complexity index is 201. The summed E-state index contributed by atoms with van der Waals surface area (Å²) in [6, 6.07) is 0. The summed E-state index contributed by atoms with van der Waals surface area (Å²) < 4.78 is 0. The fourth-order valence-electron chi connectivity index (χ4n) is 1.15. The first-order valence-electron chi connectivity index (χ1n) is 4.88. The molecule has 1 amide bonds. The average Bonchev–Trinajstić information content (AvgIpc) is 2.17. The minimum atomic E-state index is -0.454. The Morgan fingerprint density at radius 1 is 1.57 bits per heavy atom. The van der Waals surface area contributed by atoms with Gasteiger partial charge in [0.05, 0.1) is 5.41 Å². The van der Waals surface area contributed by atoms with Gasteiger partial charge in [-0.3, -0.25) is 4.79 Å². The molecule has 0 aromatic carbocycles. The van der Waals surface area contributed by atoms with Crippen molar-refractivity contribution in [1.29, 1.82) is 0 Å². The van der Waals surface area contributed by atoms with Crippen molar-refractivity contribution < 1.29 is 4.79 Å². The summed E-state index contributed by atoms with van der Waals surface area (Å²) in [6.45, 7) is 8.15. The Labute approximate surface area is 91.9 Å². The highest BCUT2D eigenvalue weighted by molar-refractivity contribution is 6.19. The van der Waals surface area contributed by atoms with Crippen molar-refractivity contribution >= 4 is 17.5 Å². The van der Waals surface area contributed by atoms with Crippen molar-refractivity contribution in [2.24, 2.45) is 5.41 Å². The van der Waals surface area contributed by atoms with Crippen molar-refractivity contribution in [3.8, 4) is 0 Å². The molecule has 0 rings (SSSR count). The Balaban J connectivity index is 4.05. The van der Waals surface area contributed by atoms with Gasteiger partial charge < -0.3 is 4.90 Å². The molecule has 3 heteroatoms. The number of rotatable bonds is 6. The number of allylic oxidation sites excluding steroid dienone is 1. The molecule has 0 aromatic heterocycles. The predicted octanol–water partition coefficient (Wildman–Crippen LogP) is 2.68. The molecule has 0 aliphatic carbocycles. The van der Waals surface area contributed by atoms with E-state index in [1.807, 2.05) is 27.0 Å². The van der Waals surface area contributed by atoms with E-state index in [0.29, 0.717) is 5.88 Å². The largest absolute Gasteiger partial charge is 0.345 e. The first-order valence-corrected chi connectivity index (χ1v) is 5.41. The summed E-state index contributed by atoms with van der Waals surface area (Å²) in [6.07, 6.45) is 3.77. The van der Waals surface area contributed by atoms with Crippen molar-refractivity contribution in [3.63, 3.8) is 0 Å². The normalized spacial score (nSPS) is 11.1. The lowest BCUT2D eigenvalue weighted by Gasteiger charge is -2.27. The second-order valence-electron chi connectivity index (χ2n) is 4.18. The summed E-state index contributed by atoms with van der Waals surface area (Å²) in [5.74, 6) is 0.467. The Morgan fingerprint density at radius 3 is 2.57 bits per heavy atom. The molecule has 2 nitrogen and oxygen atoms in total. The molecule has 0 aromatic rings. The van der Waals surface area contributed by atoms with Crippen LogP contribution in [0.1, 0.15) is 26.7 Å². The van der Waals surface area contributed by atoms with Gasteiger partial charge >= 0.3 is 0 Å². The van der Waals surface area contributed by atoms with Gasteiger partial charge in [0, 0.05) is 19.5 Å². The molecule has 0 unspecified atom stereocenters. The molecule has 0 spiro atoms. The molecule has 0 bridgehead atoms. The molecule has 82 valence electrons. The summed E-state index contributed by atoms with van der Waals surface area (Å²) in [7, 11) is 1.82. The monoisotopic (exact) mass is 217 g/mol. The van der Waals surface area contributed by atoms with Gasteiger partial charge in [0.25, 0.3) is 0 Å². The maximum absolute atomic E-state index is 11.8. The van der Waals surface area contributed by atoms with Crippen LogP contribution in [-0.2, 0) is 4.79 Å². The van der Waals surface area contributed by atoms with Crippen molar-refractivity contribution in [2.75, 3.05) is 19.5 Å². The van der Waals surface area contributed by atoms with E-state index in [-0.39, 0.29) is 5.91 Å². The first-order chi connectivity index (χ1) is 6.45. The molecule has 0 atom stereocenters. The third-order valence-electron chi connectivity index (χ3n) is 2.16. The highest BCUT2D eigenvalue weighted by Crippen LogP contribution is 2.20. The van der Waals surface area contributed by atoms with Crippen molar-refractivity contribution in [2.45, 2.75) is 26.7 Å².